The molecule has 36 heavy (non-hydrogen) atoms. The number of carbonyl (C=O) groups is 2. The van der Waals surface area contributed by atoms with E-state index in [-0.39, 0.29) is 24.3 Å². The number of benzene rings is 2. The Morgan fingerprint density at radius 1 is 0.972 bits per heavy atom. The number of nitrogens with one attached hydrogen (secondary N) is 1. The number of aryl methyl sites for hydroxylation is 1. The van der Waals surface area contributed by atoms with Gasteiger partial charge in [0.05, 0.1) is 19.3 Å². The summed E-state index contributed by atoms with van der Waals surface area (Å²) in [6.07, 6.45) is 0.703. The van der Waals surface area contributed by atoms with Crippen molar-refractivity contribution in [1.82, 2.24) is 14.5 Å². The van der Waals surface area contributed by atoms with E-state index in [0.717, 1.165) is 5.56 Å². The van der Waals surface area contributed by atoms with Crippen LogP contribution in [-0.4, -0.2) is 39.4 Å². The summed E-state index contributed by atoms with van der Waals surface area (Å²) in [5.74, 6) is -0.722. The standard InChI is InChI=1S/C27H31N3O6/c1-19-15-29(26(34)30(23(19)31)24(32)21-13-9-6-10-14-21)16-22(28-25(33)36-27(2,3)4)18-35-17-20-11-7-5-8-12-20/h5-15,22H,16-18H2,1-4H3,(H,28,33)/t22-/m1/s1. The fourth-order valence-corrected chi connectivity index (χ4v) is 3.50. The minimum absolute atomic E-state index is 0.0456. The zero-order valence-electron chi connectivity index (χ0n) is 20.9. The normalized spacial score (nSPS) is 12.1. The summed E-state index contributed by atoms with van der Waals surface area (Å²) in [7, 11) is 0. The van der Waals surface area contributed by atoms with Gasteiger partial charge in [0.2, 0.25) is 0 Å². The van der Waals surface area contributed by atoms with E-state index < -0.39 is 34.9 Å². The van der Waals surface area contributed by atoms with E-state index in [0.29, 0.717) is 11.2 Å². The van der Waals surface area contributed by atoms with E-state index in [1.807, 2.05) is 30.3 Å². The molecule has 3 rings (SSSR count). The number of hydrogen-bond donors (Lipinski definition) is 1. The Labute approximate surface area is 209 Å². The van der Waals surface area contributed by atoms with Crippen molar-refractivity contribution in [3.8, 4) is 0 Å². The third-order valence-electron chi connectivity index (χ3n) is 5.12. The predicted molar refractivity (Wildman–Crippen MR) is 135 cm³/mol. The van der Waals surface area contributed by atoms with Crippen molar-refractivity contribution in [2.24, 2.45) is 0 Å². The lowest BCUT2D eigenvalue weighted by atomic mass is 10.2. The summed E-state index contributed by atoms with van der Waals surface area (Å²) < 4.78 is 13.0. The van der Waals surface area contributed by atoms with E-state index in [9.17, 15) is 19.2 Å². The van der Waals surface area contributed by atoms with Gasteiger partial charge < -0.3 is 14.8 Å². The zero-order chi connectivity index (χ0) is 26.3. The summed E-state index contributed by atoms with van der Waals surface area (Å²) >= 11 is 0. The molecule has 9 nitrogen and oxygen atoms in total. The molecule has 0 aliphatic rings. The van der Waals surface area contributed by atoms with Gasteiger partial charge in [0, 0.05) is 23.9 Å². The van der Waals surface area contributed by atoms with Crippen LogP contribution in [0.1, 0.15) is 42.3 Å². The van der Waals surface area contributed by atoms with Gasteiger partial charge in [-0.15, -0.1) is 0 Å². The highest BCUT2D eigenvalue weighted by Gasteiger charge is 2.23. The molecule has 0 saturated carbocycles. The Balaban J connectivity index is 1.87. The average Bonchev–Trinajstić information content (AvgIpc) is 2.82. The highest BCUT2D eigenvalue weighted by atomic mass is 16.6. The van der Waals surface area contributed by atoms with Gasteiger partial charge in [-0.1, -0.05) is 48.5 Å². The number of nitrogens with zero attached hydrogens (tertiary/aromatic N) is 2. The van der Waals surface area contributed by atoms with Crippen molar-refractivity contribution < 1.29 is 19.1 Å². The van der Waals surface area contributed by atoms with E-state index in [4.69, 9.17) is 9.47 Å². The lowest BCUT2D eigenvalue weighted by Crippen LogP contribution is -2.49. The number of carbonyl (C=O) groups excluding carboxylic acids is 2. The second kappa shape index (κ2) is 11.6. The molecule has 1 aromatic heterocycles. The van der Waals surface area contributed by atoms with Crippen LogP contribution in [0.5, 0.6) is 0 Å². The molecule has 0 aliphatic carbocycles. The van der Waals surface area contributed by atoms with Crippen molar-refractivity contribution in [2.45, 2.75) is 52.5 Å². The molecule has 1 amide bonds. The highest BCUT2D eigenvalue weighted by Crippen LogP contribution is 2.08. The van der Waals surface area contributed by atoms with Crippen LogP contribution in [0, 0.1) is 6.92 Å². The molecular formula is C27H31N3O6. The Morgan fingerprint density at radius 2 is 1.58 bits per heavy atom. The summed E-state index contributed by atoms with van der Waals surface area (Å²) in [4.78, 5) is 51.4. The molecule has 0 unspecified atom stereocenters. The molecule has 0 fully saturated rings. The van der Waals surface area contributed by atoms with Gasteiger partial charge in [0.25, 0.3) is 11.5 Å². The topological polar surface area (TPSA) is 109 Å². The van der Waals surface area contributed by atoms with Gasteiger partial charge in [-0.2, -0.15) is 4.57 Å². The Morgan fingerprint density at radius 3 is 2.19 bits per heavy atom. The first kappa shape index (κ1) is 26.6. The highest BCUT2D eigenvalue weighted by molar-refractivity contribution is 5.95. The fraction of sp³-hybridized carbons (Fsp3) is 0.333. The molecule has 0 radical (unpaired) electrons. The van der Waals surface area contributed by atoms with Gasteiger partial charge in [-0.05, 0) is 45.4 Å². The van der Waals surface area contributed by atoms with Crippen LogP contribution in [0.15, 0.2) is 76.4 Å². The average molecular weight is 494 g/mol. The third-order valence-corrected chi connectivity index (χ3v) is 5.12. The monoisotopic (exact) mass is 493 g/mol. The second-order valence-electron chi connectivity index (χ2n) is 9.40. The van der Waals surface area contributed by atoms with Crippen LogP contribution in [0.2, 0.25) is 0 Å². The Bertz CT molecular complexity index is 1310. The first-order valence-corrected chi connectivity index (χ1v) is 11.6. The lowest BCUT2D eigenvalue weighted by Gasteiger charge is -2.24. The number of rotatable bonds is 8. The smallest absolute Gasteiger partial charge is 0.408 e. The molecule has 0 saturated heterocycles. The molecule has 0 bridgehead atoms. The van der Waals surface area contributed by atoms with Crippen LogP contribution in [0.3, 0.4) is 0 Å². The van der Waals surface area contributed by atoms with Crippen LogP contribution >= 0.6 is 0 Å². The molecule has 0 aliphatic heterocycles. The largest absolute Gasteiger partial charge is 0.444 e. The Hall–Kier alpha value is -3.98. The molecule has 1 heterocycles. The van der Waals surface area contributed by atoms with Crippen LogP contribution in [0.4, 0.5) is 4.79 Å². The first-order valence-electron chi connectivity index (χ1n) is 11.6. The lowest BCUT2D eigenvalue weighted by molar-refractivity contribution is 0.0413. The number of hydrogen-bond acceptors (Lipinski definition) is 6. The summed E-state index contributed by atoms with van der Waals surface area (Å²) in [5.41, 5.74) is -0.852. The van der Waals surface area contributed by atoms with E-state index in [2.05, 4.69) is 5.32 Å². The molecular weight excluding hydrogens is 462 g/mol. The summed E-state index contributed by atoms with van der Waals surface area (Å²) in [5, 5.41) is 2.73. The van der Waals surface area contributed by atoms with Gasteiger partial charge in [-0.3, -0.25) is 14.2 Å². The number of alkyl carbamates (subject to hydrolysis) is 1. The van der Waals surface area contributed by atoms with E-state index >= 15 is 0 Å². The van der Waals surface area contributed by atoms with Crippen LogP contribution in [0.25, 0.3) is 0 Å². The van der Waals surface area contributed by atoms with Crippen LogP contribution in [-0.2, 0) is 22.6 Å². The fourth-order valence-electron chi connectivity index (χ4n) is 3.50. The predicted octanol–water partition coefficient (Wildman–Crippen LogP) is 3.12. The molecule has 1 N–H and O–H groups in total. The van der Waals surface area contributed by atoms with Gasteiger partial charge in [0.15, 0.2) is 0 Å². The van der Waals surface area contributed by atoms with E-state index in [1.54, 1.807) is 39.0 Å². The van der Waals surface area contributed by atoms with Gasteiger partial charge in [0.1, 0.15) is 5.60 Å². The second-order valence-corrected chi connectivity index (χ2v) is 9.40. The van der Waals surface area contributed by atoms with Crippen molar-refractivity contribution in [2.75, 3.05) is 6.61 Å². The maximum atomic E-state index is 13.2. The maximum Gasteiger partial charge on any atom is 0.408 e. The molecule has 1 atom stereocenters. The van der Waals surface area contributed by atoms with Crippen molar-refractivity contribution in [3.05, 3.63) is 104 Å². The number of amides is 1. The van der Waals surface area contributed by atoms with Gasteiger partial charge >= 0.3 is 11.8 Å². The van der Waals surface area contributed by atoms with Crippen LogP contribution < -0.4 is 16.6 Å². The minimum atomic E-state index is -0.807. The Kier molecular flexibility index (Phi) is 8.60. The summed E-state index contributed by atoms with van der Waals surface area (Å²) in [6, 6.07) is 16.9. The quantitative estimate of drug-likeness (QED) is 0.517. The third kappa shape index (κ3) is 7.26. The SMILES string of the molecule is Cc1cn(C[C@H](COCc2ccccc2)NC(=O)OC(C)(C)C)c(=O)n(C(=O)c2ccccc2)c1=O. The van der Waals surface area contributed by atoms with Crippen molar-refractivity contribution in [1.29, 1.82) is 0 Å². The summed E-state index contributed by atoms with van der Waals surface area (Å²) in [6.45, 7) is 7.06. The molecule has 0 spiro atoms. The molecule has 3 aromatic rings. The van der Waals surface area contributed by atoms with Gasteiger partial charge in [-0.25, -0.2) is 9.59 Å². The molecule has 9 heteroatoms. The zero-order valence-corrected chi connectivity index (χ0v) is 20.9. The number of ether oxygens (including phenoxy) is 2. The van der Waals surface area contributed by atoms with Crippen molar-refractivity contribution >= 4 is 12.0 Å². The molecule has 2 aromatic carbocycles. The first-order chi connectivity index (χ1) is 17.0. The molecule has 190 valence electrons. The van der Waals surface area contributed by atoms with Crippen molar-refractivity contribution in [3.63, 3.8) is 0 Å². The maximum absolute atomic E-state index is 13.2. The number of aromatic nitrogens is 2. The minimum Gasteiger partial charge on any atom is -0.444 e. The van der Waals surface area contributed by atoms with E-state index in [1.165, 1.54) is 29.8 Å².